The van der Waals surface area contributed by atoms with Crippen molar-refractivity contribution in [2.24, 2.45) is 0 Å². The number of nitrogens with two attached hydrogens (primary N) is 1. The summed E-state index contributed by atoms with van der Waals surface area (Å²) in [5.74, 6) is -0.462. The fourth-order valence-electron chi connectivity index (χ4n) is 3.22. The van der Waals surface area contributed by atoms with Crippen LogP contribution in [0.25, 0.3) is 10.7 Å². The summed E-state index contributed by atoms with van der Waals surface area (Å²) in [5, 5.41) is 2.48. The topological polar surface area (TPSA) is 127 Å². The first-order valence-corrected chi connectivity index (χ1v) is 10.6. The third-order valence-electron chi connectivity index (χ3n) is 4.88. The molecule has 0 atom stereocenters. The van der Waals surface area contributed by atoms with Crippen LogP contribution in [0, 0.1) is 0 Å². The Balaban J connectivity index is 1.59. The molecule has 0 unspecified atom stereocenters. The molecule has 0 saturated heterocycles. The minimum atomic E-state index is -0.722. The van der Waals surface area contributed by atoms with Gasteiger partial charge >= 0.3 is 5.69 Å². The largest absolute Gasteiger partial charge is 0.383 e. The van der Waals surface area contributed by atoms with E-state index in [9.17, 15) is 14.4 Å². The van der Waals surface area contributed by atoms with Crippen molar-refractivity contribution in [2.75, 3.05) is 17.7 Å². The highest BCUT2D eigenvalue weighted by Gasteiger charge is 2.22. The van der Waals surface area contributed by atoms with Crippen LogP contribution in [0.5, 0.6) is 0 Å². The van der Waals surface area contributed by atoms with Gasteiger partial charge in [-0.3, -0.25) is 24.1 Å². The fourth-order valence-corrected chi connectivity index (χ4v) is 4.01. The van der Waals surface area contributed by atoms with E-state index in [2.05, 4.69) is 15.0 Å². The van der Waals surface area contributed by atoms with Gasteiger partial charge in [0.1, 0.15) is 10.8 Å². The number of H-pyrrole nitrogens is 1. The number of anilines is 2. The average Bonchev–Trinajstić information content (AvgIpc) is 3.26. The van der Waals surface area contributed by atoms with Crippen LogP contribution in [0.15, 0.2) is 69.7 Å². The Morgan fingerprint density at radius 1 is 1.16 bits per heavy atom. The number of thiazole rings is 1. The van der Waals surface area contributed by atoms with E-state index >= 15 is 0 Å². The third kappa shape index (κ3) is 4.35. The number of aromatic amines is 1. The summed E-state index contributed by atoms with van der Waals surface area (Å²) in [6.45, 7) is 0.164. The number of hydrogen-bond donors (Lipinski definition) is 2. The molecule has 9 nitrogen and oxygen atoms in total. The summed E-state index contributed by atoms with van der Waals surface area (Å²) in [7, 11) is 1.45. The van der Waals surface area contributed by atoms with Gasteiger partial charge in [-0.25, -0.2) is 9.78 Å². The van der Waals surface area contributed by atoms with Crippen molar-refractivity contribution < 1.29 is 4.79 Å². The van der Waals surface area contributed by atoms with E-state index in [0.717, 1.165) is 16.2 Å². The fraction of sp³-hybridized carbons (Fsp3) is 0.136. The summed E-state index contributed by atoms with van der Waals surface area (Å²) >= 11 is 1.38. The van der Waals surface area contributed by atoms with E-state index < -0.39 is 11.2 Å². The molecule has 0 radical (unpaired) electrons. The number of nitrogen functional groups attached to an aromatic ring is 1. The van der Waals surface area contributed by atoms with Crippen molar-refractivity contribution in [3.8, 4) is 10.7 Å². The van der Waals surface area contributed by atoms with E-state index in [4.69, 9.17) is 5.73 Å². The van der Waals surface area contributed by atoms with Gasteiger partial charge in [-0.1, -0.05) is 36.4 Å². The molecule has 0 aliphatic rings. The third-order valence-corrected chi connectivity index (χ3v) is 5.79. The van der Waals surface area contributed by atoms with E-state index in [1.807, 2.05) is 48.5 Å². The molecule has 162 valence electrons. The summed E-state index contributed by atoms with van der Waals surface area (Å²) < 4.78 is 1.23. The van der Waals surface area contributed by atoms with Crippen LogP contribution in [0.4, 0.5) is 11.5 Å². The SMILES string of the molecule is CN(C(=O)Cc1csc(-c2ccccn2)n1)c1c(N)n(Cc2ccccc2)c(=O)[nH]c1=O. The molecule has 3 aromatic heterocycles. The predicted octanol–water partition coefficient (Wildman–Crippen LogP) is 1.89. The zero-order valence-corrected chi connectivity index (χ0v) is 18.0. The lowest BCUT2D eigenvalue weighted by molar-refractivity contribution is -0.117. The van der Waals surface area contributed by atoms with Crippen LogP contribution in [-0.4, -0.2) is 32.5 Å². The van der Waals surface area contributed by atoms with Crippen LogP contribution in [0.3, 0.4) is 0 Å². The number of carbonyl (C=O) groups is 1. The van der Waals surface area contributed by atoms with E-state index in [1.54, 1.807) is 11.6 Å². The Kier molecular flexibility index (Phi) is 5.95. The number of amides is 1. The Morgan fingerprint density at radius 2 is 1.91 bits per heavy atom. The maximum Gasteiger partial charge on any atom is 0.330 e. The van der Waals surface area contributed by atoms with Crippen molar-refractivity contribution in [1.29, 1.82) is 0 Å². The Labute approximate surface area is 186 Å². The van der Waals surface area contributed by atoms with Crippen molar-refractivity contribution in [3.63, 3.8) is 0 Å². The first kappa shape index (κ1) is 21.2. The van der Waals surface area contributed by atoms with Crippen LogP contribution >= 0.6 is 11.3 Å². The predicted molar refractivity (Wildman–Crippen MR) is 124 cm³/mol. The van der Waals surface area contributed by atoms with E-state index in [0.29, 0.717) is 10.7 Å². The minimum Gasteiger partial charge on any atom is -0.383 e. The smallest absolute Gasteiger partial charge is 0.330 e. The first-order chi connectivity index (χ1) is 15.4. The molecule has 0 aliphatic heterocycles. The van der Waals surface area contributed by atoms with Gasteiger partial charge in [-0.15, -0.1) is 11.3 Å². The number of benzene rings is 1. The zero-order valence-electron chi connectivity index (χ0n) is 17.2. The molecule has 4 aromatic rings. The second-order valence-corrected chi connectivity index (χ2v) is 7.91. The van der Waals surface area contributed by atoms with E-state index in [-0.39, 0.29) is 30.4 Å². The lowest BCUT2D eigenvalue weighted by Gasteiger charge is -2.20. The number of nitrogens with zero attached hydrogens (tertiary/aromatic N) is 4. The lowest BCUT2D eigenvalue weighted by atomic mass is 10.2. The Hall–Kier alpha value is -4.05. The van der Waals surface area contributed by atoms with Gasteiger partial charge in [-0.05, 0) is 17.7 Å². The highest BCUT2D eigenvalue weighted by atomic mass is 32.1. The summed E-state index contributed by atoms with van der Waals surface area (Å²) in [4.78, 5) is 49.9. The monoisotopic (exact) mass is 448 g/mol. The summed E-state index contributed by atoms with van der Waals surface area (Å²) in [5.41, 5.74) is 6.84. The van der Waals surface area contributed by atoms with Crippen molar-refractivity contribution in [3.05, 3.63) is 92.2 Å². The highest BCUT2D eigenvalue weighted by molar-refractivity contribution is 7.13. The van der Waals surface area contributed by atoms with Gasteiger partial charge < -0.3 is 10.6 Å². The van der Waals surface area contributed by atoms with Crippen LogP contribution in [0.2, 0.25) is 0 Å². The van der Waals surface area contributed by atoms with Crippen molar-refractivity contribution in [1.82, 2.24) is 19.5 Å². The van der Waals surface area contributed by atoms with Crippen LogP contribution in [-0.2, 0) is 17.8 Å². The highest BCUT2D eigenvalue weighted by Crippen LogP contribution is 2.23. The molecule has 0 aliphatic carbocycles. The molecule has 4 rings (SSSR count). The number of hydrogen-bond acceptors (Lipinski definition) is 7. The maximum atomic E-state index is 12.9. The van der Waals surface area contributed by atoms with Gasteiger partial charge in [0.15, 0.2) is 5.69 Å². The van der Waals surface area contributed by atoms with Crippen LogP contribution < -0.4 is 21.9 Å². The van der Waals surface area contributed by atoms with Gasteiger partial charge in [0, 0.05) is 18.6 Å². The van der Waals surface area contributed by atoms with Crippen LogP contribution in [0.1, 0.15) is 11.3 Å². The van der Waals surface area contributed by atoms with Gasteiger partial charge in [-0.2, -0.15) is 0 Å². The van der Waals surface area contributed by atoms with Gasteiger partial charge in [0.05, 0.1) is 24.4 Å². The second kappa shape index (κ2) is 8.98. The molecule has 1 amide bonds. The zero-order chi connectivity index (χ0) is 22.7. The molecule has 10 heteroatoms. The maximum absolute atomic E-state index is 12.9. The normalized spacial score (nSPS) is 10.8. The summed E-state index contributed by atoms with van der Waals surface area (Å²) in [6.07, 6.45) is 1.64. The second-order valence-electron chi connectivity index (χ2n) is 7.05. The molecular formula is C22H20N6O3S. The van der Waals surface area contributed by atoms with E-state index in [1.165, 1.54) is 23.0 Å². The minimum absolute atomic E-state index is 0.0312. The molecule has 0 spiro atoms. The molecule has 0 saturated carbocycles. The quantitative estimate of drug-likeness (QED) is 0.464. The lowest BCUT2D eigenvalue weighted by Crippen LogP contribution is -2.40. The number of rotatable bonds is 6. The van der Waals surface area contributed by atoms with Crippen molar-refractivity contribution >= 4 is 28.7 Å². The number of carbonyl (C=O) groups excluding carboxylic acids is 1. The molecule has 0 bridgehead atoms. The van der Waals surface area contributed by atoms with Crippen molar-refractivity contribution in [2.45, 2.75) is 13.0 Å². The first-order valence-electron chi connectivity index (χ1n) is 9.73. The average molecular weight is 449 g/mol. The molecule has 32 heavy (non-hydrogen) atoms. The Bertz CT molecular complexity index is 1360. The number of aromatic nitrogens is 4. The molecular weight excluding hydrogens is 428 g/mol. The number of nitrogens with one attached hydrogen (secondary N) is 1. The Morgan fingerprint density at radius 3 is 2.62 bits per heavy atom. The van der Waals surface area contributed by atoms with Gasteiger partial charge in [0.2, 0.25) is 5.91 Å². The standard InChI is InChI=1S/C22H20N6O3S/c1-27(17(29)11-15-13-32-21(25-15)16-9-5-6-10-24-16)18-19(23)28(22(31)26-20(18)30)12-14-7-3-2-4-8-14/h2-10,13H,11-12,23H2,1H3,(H,26,30,31). The summed E-state index contributed by atoms with van der Waals surface area (Å²) in [6, 6.07) is 14.7. The number of likely N-dealkylation sites (N-methyl/N-ethyl adjacent to an activating group) is 1. The van der Waals surface area contributed by atoms with Gasteiger partial charge in [0.25, 0.3) is 5.56 Å². The molecule has 3 N–H and O–H groups in total. The molecule has 1 aromatic carbocycles. The molecule has 3 heterocycles. The number of pyridine rings is 1. The molecule has 0 fully saturated rings.